The van der Waals surface area contributed by atoms with Crippen LogP contribution in [0.2, 0.25) is 0 Å². The van der Waals surface area contributed by atoms with Crippen molar-refractivity contribution in [3.63, 3.8) is 0 Å². The monoisotopic (exact) mass is 644 g/mol. The lowest BCUT2D eigenvalue weighted by Crippen LogP contribution is -2.40. The number of fused-ring (bicyclic) bond motifs is 9. The number of thiophene rings is 1. The Bertz CT molecular complexity index is 3140. The molecular formula is C44H28N4S. The van der Waals surface area contributed by atoms with E-state index in [4.69, 9.17) is 0 Å². The smallest absolute Gasteiger partial charge is 0.160 e. The molecule has 0 spiro atoms. The summed E-state index contributed by atoms with van der Waals surface area (Å²) >= 11 is 1.90. The zero-order valence-electron chi connectivity index (χ0n) is 26.3. The van der Waals surface area contributed by atoms with Crippen molar-refractivity contribution in [1.82, 2.24) is 14.3 Å². The molecule has 1 aliphatic heterocycles. The Kier molecular flexibility index (Phi) is 5.00. The maximum Gasteiger partial charge on any atom is 0.160 e. The number of para-hydroxylation sites is 3. The van der Waals surface area contributed by atoms with Crippen molar-refractivity contribution < 1.29 is 0 Å². The fourth-order valence-electron chi connectivity index (χ4n) is 9.00. The van der Waals surface area contributed by atoms with Gasteiger partial charge in [0.15, 0.2) is 6.29 Å². The highest BCUT2D eigenvalue weighted by molar-refractivity contribution is 7.26. The van der Waals surface area contributed by atoms with Gasteiger partial charge < -0.3 is 14.3 Å². The van der Waals surface area contributed by atoms with E-state index in [1.54, 1.807) is 0 Å². The Labute approximate surface area is 284 Å². The molecule has 0 aliphatic carbocycles. The van der Waals surface area contributed by atoms with Gasteiger partial charge in [-0.2, -0.15) is 0 Å². The van der Waals surface area contributed by atoms with Crippen LogP contribution in [-0.4, -0.2) is 8.97 Å². The normalized spacial score (nSPS) is 16.7. The molecule has 7 aromatic carbocycles. The average Bonchev–Trinajstić information content (AvgIpc) is 3.79. The summed E-state index contributed by atoms with van der Waals surface area (Å²) in [6.45, 7) is 0. The van der Waals surface area contributed by atoms with Gasteiger partial charge in [0.1, 0.15) is 0 Å². The molecule has 2 N–H and O–H groups in total. The summed E-state index contributed by atoms with van der Waals surface area (Å²) in [5.74, 6) is 0. The summed E-state index contributed by atoms with van der Waals surface area (Å²) in [6, 6.07) is 53.7. The Morgan fingerprint density at radius 1 is 0.469 bits per heavy atom. The van der Waals surface area contributed by atoms with E-state index < -0.39 is 0 Å². The van der Waals surface area contributed by atoms with Gasteiger partial charge in [-0.15, -0.1) is 11.3 Å². The SMILES string of the molecule is c1ccc2c(c1)NC(n1c3cccc4c5cccc6c7ccccc7n(c7cccc1c7c43)c56)NC2c1cccc2c1sc1ccccc12. The number of anilines is 1. The minimum Gasteiger partial charge on any atom is -0.352 e. The number of nitrogens with one attached hydrogen (secondary N) is 2. The van der Waals surface area contributed by atoms with E-state index in [-0.39, 0.29) is 12.3 Å². The molecule has 0 bridgehead atoms. The second-order valence-electron chi connectivity index (χ2n) is 13.4. The van der Waals surface area contributed by atoms with Crippen LogP contribution in [0.3, 0.4) is 0 Å². The van der Waals surface area contributed by atoms with Gasteiger partial charge in [-0.05, 0) is 52.9 Å². The Morgan fingerprint density at radius 2 is 1.08 bits per heavy atom. The lowest BCUT2D eigenvalue weighted by molar-refractivity contribution is 0.418. The van der Waals surface area contributed by atoms with E-state index in [1.165, 1.54) is 91.2 Å². The van der Waals surface area contributed by atoms with Gasteiger partial charge in [-0.3, -0.25) is 5.32 Å². The number of hydrogen-bond donors (Lipinski definition) is 2. The van der Waals surface area contributed by atoms with Crippen molar-refractivity contribution in [2.24, 2.45) is 0 Å². The minimum atomic E-state index is -0.189. The molecular weight excluding hydrogens is 617 g/mol. The number of hydrogen-bond acceptors (Lipinski definition) is 3. The van der Waals surface area contributed by atoms with E-state index in [0.29, 0.717) is 0 Å². The first kappa shape index (κ1) is 26.1. The van der Waals surface area contributed by atoms with Crippen molar-refractivity contribution in [2.45, 2.75) is 12.3 Å². The van der Waals surface area contributed by atoms with Crippen LogP contribution in [-0.2, 0) is 0 Å². The third-order valence-electron chi connectivity index (χ3n) is 11.0. The third-order valence-corrected chi connectivity index (χ3v) is 12.2. The maximum absolute atomic E-state index is 4.14. The number of nitrogens with zero attached hydrogens (tertiary/aromatic N) is 2. The summed E-state index contributed by atoms with van der Waals surface area (Å²) in [4.78, 5) is 0. The predicted molar refractivity (Wildman–Crippen MR) is 208 cm³/mol. The molecule has 0 amide bonds. The molecule has 0 fully saturated rings. The van der Waals surface area contributed by atoms with Gasteiger partial charge >= 0.3 is 0 Å². The van der Waals surface area contributed by atoms with Crippen LogP contribution in [0, 0.1) is 0 Å². The van der Waals surface area contributed by atoms with Crippen molar-refractivity contribution in [2.75, 3.05) is 5.32 Å². The van der Waals surface area contributed by atoms with Crippen LogP contribution in [0.25, 0.3) is 80.1 Å². The van der Waals surface area contributed by atoms with Gasteiger partial charge in [0, 0.05) is 52.8 Å². The second-order valence-corrected chi connectivity index (χ2v) is 14.4. The molecule has 0 radical (unpaired) electrons. The van der Waals surface area contributed by atoms with Crippen molar-refractivity contribution in [1.29, 1.82) is 0 Å². The fraction of sp³-hybridized carbons (Fsp3) is 0.0455. The summed E-state index contributed by atoms with van der Waals surface area (Å²) in [5.41, 5.74) is 9.92. The minimum absolute atomic E-state index is 0.000253. The van der Waals surface area contributed by atoms with Crippen LogP contribution >= 0.6 is 11.3 Å². The van der Waals surface area contributed by atoms with E-state index in [9.17, 15) is 0 Å². The maximum atomic E-state index is 4.14. The molecule has 2 atom stereocenters. The third kappa shape index (κ3) is 3.31. The average molecular weight is 645 g/mol. The van der Waals surface area contributed by atoms with Gasteiger partial charge in [-0.25, -0.2) is 0 Å². The second kappa shape index (κ2) is 9.38. The predicted octanol–water partition coefficient (Wildman–Crippen LogP) is 11.6. The molecule has 12 rings (SSSR count). The molecule has 11 aromatic rings. The lowest BCUT2D eigenvalue weighted by Gasteiger charge is -2.36. The molecule has 4 aromatic heterocycles. The molecule has 230 valence electrons. The molecule has 0 saturated carbocycles. The van der Waals surface area contributed by atoms with Crippen molar-refractivity contribution in [3.05, 3.63) is 157 Å². The van der Waals surface area contributed by atoms with Crippen LogP contribution in [0.5, 0.6) is 0 Å². The lowest BCUT2D eigenvalue weighted by atomic mass is 9.94. The van der Waals surface area contributed by atoms with Gasteiger partial charge in [0.2, 0.25) is 0 Å². The number of benzene rings is 7. The molecule has 2 unspecified atom stereocenters. The van der Waals surface area contributed by atoms with Gasteiger partial charge in [0.25, 0.3) is 0 Å². The first-order valence-corrected chi connectivity index (χ1v) is 17.8. The summed E-state index contributed by atoms with van der Waals surface area (Å²) < 4.78 is 7.68. The number of aromatic nitrogens is 2. The highest BCUT2D eigenvalue weighted by Crippen LogP contribution is 2.47. The van der Waals surface area contributed by atoms with Crippen molar-refractivity contribution >= 4 is 97.1 Å². The highest BCUT2D eigenvalue weighted by atomic mass is 32.1. The van der Waals surface area contributed by atoms with Crippen LogP contribution in [0.15, 0.2) is 146 Å². The summed E-state index contributed by atoms with van der Waals surface area (Å²) in [6.07, 6.45) is -0.189. The molecule has 0 saturated heterocycles. The van der Waals surface area contributed by atoms with Crippen molar-refractivity contribution in [3.8, 4) is 0 Å². The Balaban J connectivity index is 1.17. The zero-order chi connectivity index (χ0) is 31.8. The van der Waals surface area contributed by atoms with E-state index in [1.807, 2.05) is 11.3 Å². The van der Waals surface area contributed by atoms with Crippen LogP contribution in [0.1, 0.15) is 23.5 Å². The zero-order valence-corrected chi connectivity index (χ0v) is 27.1. The van der Waals surface area contributed by atoms with Gasteiger partial charge in [0.05, 0.1) is 33.6 Å². The first-order valence-electron chi connectivity index (χ1n) is 16.9. The summed E-state index contributed by atoms with van der Waals surface area (Å²) in [5, 5.41) is 18.5. The largest absolute Gasteiger partial charge is 0.352 e. The Hall–Kier alpha value is -5.88. The molecule has 4 nitrogen and oxygen atoms in total. The van der Waals surface area contributed by atoms with E-state index in [0.717, 1.165) is 5.69 Å². The quantitative estimate of drug-likeness (QED) is 0.196. The molecule has 5 heteroatoms. The molecule has 1 aliphatic rings. The van der Waals surface area contributed by atoms with Gasteiger partial charge in [-0.1, -0.05) is 109 Å². The first-order chi connectivity index (χ1) is 24.3. The van der Waals surface area contributed by atoms with E-state index in [2.05, 4.69) is 165 Å². The molecule has 49 heavy (non-hydrogen) atoms. The molecule has 5 heterocycles. The fourth-order valence-corrected chi connectivity index (χ4v) is 10.2. The van der Waals surface area contributed by atoms with Crippen LogP contribution < -0.4 is 10.6 Å². The standard InChI is InChI=1S/C44H28N4S/c1-4-19-33-31(13-1)41(32-18-8-17-30-26-12-3-6-24-38(26)49-43(30)32)46-44(45-33)48-35-21-9-14-27-29-16-7-15-28-25-11-2-5-20-34(25)47(42(28)29)36-22-10-23-37(48)40(36)39(27)35/h1-24,41,44-46H. The highest BCUT2D eigenvalue weighted by Gasteiger charge is 2.32. The van der Waals surface area contributed by atoms with E-state index >= 15 is 0 Å². The Morgan fingerprint density at radius 3 is 2.02 bits per heavy atom. The van der Waals surface area contributed by atoms with Crippen LogP contribution in [0.4, 0.5) is 5.69 Å². The topological polar surface area (TPSA) is 33.4 Å². The number of rotatable bonds is 2. The summed E-state index contributed by atoms with van der Waals surface area (Å²) in [7, 11) is 0.